The van der Waals surface area contributed by atoms with Crippen molar-refractivity contribution < 1.29 is 9.84 Å². The maximum atomic E-state index is 9.11. The highest BCUT2D eigenvalue weighted by Gasteiger charge is 2.01. The van der Waals surface area contributed by atoms with Gasteiger partial charge < -0.3 is 15.6 Å². The molecule has 0 saturated carbocycles. The lowest BCUT2D eigenvalue weighted by Gasteiger charge is -2.09. The zero-order chi connectivity index (χ0) is 9.68. The number of hydrogen-bond donors (Lipinski definition) is 2. The molecule has 0 aliphatic rings. The van der Waals surface area contributed by atoms with Crippen LogP contribution in [-0.2, 0) is 0 Å². The predicted octanol–water partition coefficient (Wildman–Crippen LogP) is 1.57. The number of ether oxygens (including phenoxy) is 1. The Bertz CT molecular complexity index is 255. The van der Waals surface area contributed by atoms with Crippen LogP contribution in [-0.4, -0.2) is 24.4 Å². The molecule has 0 fully saturated rings. The lowest BCUT2D eigenvalue weighted by Crippen LogP contribution is -2.26. The molecule has 1 aromatic carbocycles. The second-order valence-electron chi connectivity index (χ2n) is 2.65. The van der Waals surface area contributed by atoms with Crippen molar-refractivity contribution in [2.24, 2.45) is 5.73 Å². The molecule has 5 heteroatoms. The molecule has 0 spiro atoms. The average molecular weight is 283 g/mol. The normalized spacial score (nSPS) is 11.6. The van der Waals surface area contributed by atoms with Crippen molar-refractivity contribution in [3.63, 3.8) is 0 Å². The molecular formula is C9H13BrClNO2. The summed E-state index contributed by atoms with van der Waals surface area (Å²) in [6.45, 7) is 0.453. The highest BCUT2D eigenvalue weighted by molar-refractivity contribution is 9.10. The summed E-state index contributed by atoms with van der Waals surface area (Å²) in [6.07, 6.45) is -0.594. The van der Waals surface area contributed by atoms with Crippen molar-refractivity contribution in [1.29, 1.82) is 0 Å². The van der Waals surface area contributed by atoms with Crippen molar-refractivity contribution in [1.82, 2.24) is 0 Å². The van der Waals surface area contributed by atoms with Gasteiger partial charge in [0.15, 0.2) is 0 Å². The number of nitrogens with two attached hydrogens (primary N) is 1. The fraction of sp³-hybridized carbons (Fsp3) is 0.333. The van der Waals surface area contributed by atoms with E-state index in [1.54, 1.807) is 0 Å². The van der Waals surface area contributed by atoms with Crippen LogP contribution < -0.4 is 10.5 Å². The van der Waals surface area contributed by atoms with Gasteiger partial charge in [-0.1, -0.05) is 15.9 Å². The Morgan fingerprint density at radius 2 is 1.93 bits per heavy atom. The van der Waals surface area contributed by atoms with Gasteiger partial charge in [-0.25, -0.2) is 0 Å². The van der Waals surface area contributed by atoms with Gasteiger partial charge in [0.25, 0.3) is 0 Å². The van der Waals surface area contributed by atoms with Crippen LogP contribution in [0.4, 0.5) is 0 Å². The summed E-state index contributed by atoms with van der Waals surface area (Å²) in [5.41, 5.74) is 5.22. The van der Waals surface area contributed by atoms with Crippen molar-refractivity contribution >= 4 is 28.3 Å². The zero-order valence-corrected chi connectivity index (χ0v) is 9.92. The van der Waals surface area contributed by atoms with E-state index in [0.717, 1.165) is 10.2 Å². The molecule has 0 radical (unpaired) electrons. The van der Waals surface area contributed by atoms with E-state index in [1.807, 2.05) is 24.3 Å². The third-order valence-electron chi connectivity index (χ3n) is 1.53. The van der Waals surface area contributed by atoms with Crippen LogP contribution in [0.1, 0.15) is 0 Å². The molecule has 1 atom stereocenters. The SMILES string of the molecule is Cl.NCC(O)COc1ccc(Br)cc1. The minimum atomic E-state index is -0.594. The van der Waals surface area contributed by atoms with Gasteiger partial charge in [0.1, 0.15) is 18.5 Å². The monoisotopic (exact) mass is 281 g/mol. The lowest BCUT2D eigenvalue weighted by molar-refractivity contribution is 0.114. The van der Waals surface area contributed by atoms with E-state index in [9.17, 15) is 0 Å². The lowest BCUT2D eigenvalue weighted by atomic mass is 10.3. The maximum Gasteiger partial charge on any atom is 0.119 e. The Labute approximate surface area is 97.8 Å². The number of halogens is 2. The van der Waals surface area contributed by atoms with E-state index < -0.39 is 6.10 Å². The minimum Gasteiger partial charge on any atom is -0.491 e. The third-order valence-corrected chi connectivity index (χ3v) is 2.06. The first-order valence-corrected chi connectivity index (χ1v) is 4.78. The van der Waals surface area contributed by atoms with Gasteiger partial charge in [0, 0.05) is 11.0 Å². The molecule has 0 aliphatic carbocycles. The Balaban J connectivity index is 0.00000169. The summed E-state index contributed by atoms with van der Waals surface area (Å²) in [6, 6.07) is 7.41. The second-order valence-corrected chi connectivity index (χ2v) is 3.57. The Morgan fingerprint density at radius 3 is 2.43 bits per heavy atom. The summed E-state index contributed by atoms with van der Waals surface area (Å²) >= 11 is 3.31. The predicted molar refractivity (Wildman–Crippen MR) is 61.9 cm³/mol. The Hall–Kier alpha value is -0.290. The van der Waals surface area contributed by atoms with Crippen molar-refractivity contribution in [3.05, 3.63) is 28.7 Å². The molecule has 0 bridgehead atoms. The number of benzene rings is 1. The minimum absolute atomic E-state index is 0. The molecule has 1 aromatic rings. The summed E-state index contributed by atoms with van der Waals surface area (Å²) in [7, 11) is 0. The largest absolute Gasteiger partial charge is 0.491 e. The first kappa shape index (κ1) is 13.7. The van der Waals surface area contributed by atoms with Gasteiger partial charge >= 0.3 is 0 Å². The molecule has 1 unspecified atom stereocenters. The van der Waals surface area contributed by atoms with Crippen LogP contribution in [0.25, 0.3) is 0 Å². The number of rotatable bonds is 4. The van der Waals surface area contributed by atoms with Crippen molar-refractivity contribution in [3.8, 4) is 5.75 Å². The molecular weight excluding hydrogens is 269 g/mol. The Kier molecular flexibility index (Phi) is 6.92. The summed E-state index contributed by atoms with van der Waals surface area (Å²) in [4.78, 5) is 0. The molecule has 0 amide bonds. The molecule has 14 heavy (non-hydrogen) atoms. The molecule has 0 aliphatic heterocycles. The number of hydrogen-bond acceptors (Lipinski definition) is 3. The van der Waals surface area contributed by atoms with Crippen LogP contribution in [0.2, 0.25) is 0 Å². The third kappa shape index (κ3) is 4.81. The van der Waals surface area contributed by atoms with Crippen molar-refractivity contribution in [2.75, 3.05) is 13.2 Å². The molecule has 80 valence electrons. The summed E-state index contributed by atoms with van der Waals surface area (Å²) in [5, 5.41) is 9.11. The van der Waals surface area contributed by atoms with E-state index in [2.05, 4.69) is 15.9 Å². The molecule has 0 aromatic heterocycles. The molecule has 3 N–H and O–H groups in total. The maximum absolute atomic E-state index is 9.11. The first-order valence-electron chi connectivity index (χ1n) is 3.99. The van der Waals surface area contributed by atoms with Gasteiger partial charge in [0.2, 0.25) is 0 Å². The zero-order valence-electron chi connectivity index (χ0n) is 7.52. The number of aliphatic hydroxyl groups excluding tert-OH is 1. The van der Waals surface area contributed by atoms with E-state index in [0.29, 0.717) is 0 Å². The summed E-state index contributed by atoms with van der Waals surface area (Å²) < 4.78 is 6.26. The fourth-order valence-corrected chi connectivity index (χ4v) is 1.06. The van der Waals surface area contributed by atoms with Gasteiger partial charge in [-0.15, -0.1) is 12.4 Å². The van der Waals surface area contributed by atoms with Crippen LogP contribution in [0, 0.1) is 0 Å². The van der Waals surface area contributed by atoms with E-state index >= 15 is 0 Å². The van der Waals surface area contributed by atoms with Gasteiger partial charge in [-0.3, -0.25) is 0 Å². The second kappa shape index (κ2) is 7.06. The Morgan fingerprint density at radius 1 is 1.36 bits per heavy atom. The van der Waals surface area contributed by atoms with E-state index in [1.165, 1.54) is 0 Å². The molecule has 3 nitrogen and oxygen atoms in total. The smallest absolute Gasteiger partial charge is 0.119 e. The van der Waals surface area contributed by atoms with E-state index in [4.69, 9.17) is 15.6 Å². The highest BCUT2D eigenvalue weighted by atomic mass is 79.9. The molecule has 0 heterocycles. The number of aliphatic hydroxyl groups is 1. The average Bonchev–Trinajstić information content (AvgIpc) is 2.16. The molecule has 1 rings (SSSR count). The van der Waals surface area contributed by atoms with Crippen molar-refractivity contribution in [2.45, 2.75) is 6.10 Å². The van der Waals surface area contributed by atoms with Crippen LogP contribution >= 0.6 is 28.3 Å². The molecule has 0 saturated heterocycles. The van der Waals surface area contributed by atoms with Crippen LogP contribution in [0.3, 0.4) is 0 Å². The van der Waals surface area contributed by atoms with Gasteiger partial charge in [0.05, 0.1) is 0 Å². The van der Waals surface area contributed by atoms with Gasteiger partial charge in [-0.2, -0.15) is 0 Å². The first-order chi connectivity index (χ1) is 6.22. The van der Waals surface area contributed by atoms with Crippen LogP contribution in [0.5, 0.6) is 5.75 Å². The van der Waals surface area contributed by atoms with Crippen LogP contribution in [0.15, 0.2) is 28.7 Å². The van der Waals surface area contributed by atoms with Gasteiger partial charge in [-0.05, 0) is 24.3 Å². The quantitative estimate of drug-likeness (QED) is 0.881. The topological polar surface area (TPSA) is 55.5 Å². The standard InChI is InChI=1S/C9H12BrNO2.ClH/c10-7-1-3-9(4-2-7)13-6-8(12)5-11;/h1-4,8,12H,5-6,11H2;1H. The van der Waals surface area contributed by atoms with E-state index in [-0.39, 0.29) is 25.6 Å². The summed E-state index contributed by atoms with van der Waals surface area (Å²) in [5.74, 6) is 0.732. The highest BCUT2D eigenvalue weighted by Crippen LogP contribution is 2.15. The fourth-order valence-electron chi connectivity index (χ4n) is 0.791.